The Morgan fingerprint density at radius 3 is 2.59 bits per heavy atom. The van der Waals surface area contributed by atoms with E-state index in [0.29, 0.717) is 23.4 Å². The van der Waals surface area contributed by atoms with Crippen LogP contribution in [0.15, 0.2) is 36.9 Å². The zero-order valence-electron chi connectivity index (χ0n) is 15.8. The van der Waals surface area contributed by atoms with Gasteiger partial charge in [-0.05, 0) is 31.0 Å². The Hall–Kier alpha value is -2.79. The Kier molecular flexibility index (Phi) is 5.33. The van der Waals surface area contributed by atoms with Gasteiger partial charge in [0, 0.05) is 6.04 Å². The Balaban J connectivity index is 1.55. The number of aromatic hydroxyl groups is 1. The molecule has 0 bridgehead atoms. The summed E-state index contributed by atoms with van der Waals surface area (Å²) >= 11 is 0. The number of anilines is 1. The van der Waals surface area contributed by atoms with Crippen LogP contribution in [-0.4, -0.2) is 70.9 Å². The summed E-state index contributed by atoms with van der Waals surface area (Å²) < 4.78 is 7.09. The van der Waals surface area contributed by atoms with Gasteiger partial charge < -0.3 is 30.5 Å². The van der Waals surface area contributed by atoms with E-state index in [1.165, 1.54) is 17.2 Å². The van der Waals surface area contributed by atoms with Crippen LogP contribution in [0.5, 0.6) is 5.75 Å². The monoisotopic (exact) mass is 401 g/mol. The molecule has 1 aliphatic rings. The van der Waals surface area contributed by atoms with Crippen LogP contribution in [0.3, 0.4) is 0 Å². The van der Waals surface area contributed by atoms with E-state index in [4.69, 9.17) is 4.74 Å². The van der Waals surface area contributed by atoms with Crippen molar-refractivity contribution in [2.45, 2.75) is 43.9 Å². The number of rotatable bonds is 6. The summed E-state index contributed by atoms with van der Waals surface area (Å²) in [5.41, 5.74) is 2.00. The third kappa shape index (κ3) is 3.75. The normalized spacial score (nSPS) is 25.4. The minimum absolute atomic E-state index is 0.0247. The van der Waals surface area contributed by atoms with Gasteiger partial charge in [-0.25, -0.2) is 15.0 Å². The number of nitrogens with zero attached hydrogens (tertiary/aromatic N) is 4. The molecule has 1 aliphatic heterocycles. The number of phenolic OH excluding ortho intramolecular Hbond substituents is 1. The lowest BCUT2D eigenvalue weighted by atomic mass is 10.1. The highest BCUT2D eigenvalue weighted by atomic mass is 16.6. The van der Waals surface area contributed by atoms with Crippen LogP contribution in [0.4, 0.5) is 5.82 Å². The summed E-state index contributed by atoms with van der Waals surface area (Å²) in [6.07, 6.45) is -0.646. The Morgan fingerprint density at radius 1 is 1.14 bits per heavy atom. The maximum atomic E-state index is 10.3. The van der Waals surface area contributed by atoms with E-state index < -0.39 is 31.1 Å². The molecule has 1 aromatic carbocycles. The molecule has 3 heterocycles. The minimum atomic E-state index is -1.22. The zero-order chi connectivity index (χ0) is 20.5. The predicted molar refractivity (Wildman–Crippen MR) is 103 cm³/mol. The highest BCUT2D eigenvalue weighted by Crippen LogP contribution is 2.32. The van der Waals surface area contributed by atoms with Crippen molar-refractivity contribution in [2.24, 2.45) is 0 Å². The third-order valence-corrected chi connectivity index (χ3v) is 5.01. The second kappa shape index (κ2) is 7.91. The number of aliphatic hydroxyl groups excluding tert-OH is 3. The molecule has 5 N–H and O–H groups in total. The van der Waals surface area contributed by atoms with Crippen LogP contribution in [0.25, 0.3) is 11.2 Å². The summed E-state index contributed by atoms with van der Waals surface area (Å²) in [6, 6.07) is 7.04. The molecule has 29 heavy (non-hydrogen) atoms. The van der Waals surface area contributed by atoms with E-state index in [2.05, 4.69) is 20.3 Å². The van der Waals surface area contributed by atoms with E-state index in [0.717, 1.165) is 5.56 Å². The summed E-state index contributed by atoms with van der Waals surface area (Å²) in [5.74, 6) is 0.758. The molecule has 10 nitrogen and oxygen atoms in total. The maximum absolute atomic E-state index is 10.3. The highest BCUT2D eigenvalue weighted by Gasteiger charge is 2.44. The number of imidazole rings is 1. The summed E-state index contributed by atoms with van der Waals surface area (Å²) in [4.78, 5) is 12.9. The van der Waals surface area contributed by atoms with Gasteiger partial charge >= 0.3 is 0 Å². The molecule has 4 rings (SSSR count). The Labute approximate surface area is 166 Å². The van der Waals surface area contributed by atoms with Crippen molar-refractivity contribution in [1.29, 1.82) is 0 Å². The van der Waals surface area contributed by atoms with Gasteiger partial charge in [-0.3, -0.25) is 4.57 Å². The van der Waals surface area contributed by atoms with Crippen LogP contribution in [0, 0.1) is 0 Å². The van der Waals surface area contributed by atoms with Crippen molar-refractivity contribution >= 4 is 17.0 Å². The van der Waals surface area contributed by atoms with E-state index >= 15 is 0 Å². The first-order valence-electron chi connectivity index (χ1n) is 9.32. The van der Waals surface area contributed by atoms with E-state index in [1.54, 1.807) is 12.1 Å². The Bertz CT molecular complexity index is 979. The quantitative estimate of drug-likeness (QED) is 0.390. The number of nitrogens with one attached hydrogen (secondary N) is 1. The van der Waals surface area contributed by atoms with Crippen molar-refractivity contribution in [3.05, 3.63) is 42.5 Å². The molecule has 0 saturated carbocycles. The number of hydrogen-bond donors (Lipinski definition) is 5. The highest BCUT2D eigenvalue weighted by molar-refractivity contribution is 5.82. The first-order valence-corrected chi connectivity index (χ1v) is 9.32. The minimum Gasteiger partial charge on any atom is -0.508 e. The van der Waals surface area contributed by atoms with Crippen LogP contribution >= 0.6 is 0 Å². The fourth-order valence-corrected chi connectivity index (χ4v) is 3.52. The second-order valence-corrected chi connectivity index (χ2v) is 7.19. The summed E-state index contributed by atoms with van der Waals surface area (Å²) in [6.45, 7) is 1.60. The molecule has 0 aliphatic carbocycles. The Morgan fingerprint density at radius 2 is 1.90 bits per heavy atom. The van der Waals surface area contributed by atoms with E-state index in [9.17, 15) is 20.4 Å². The van der Waals surface area contributed by atoms with Crippen molar-refractivity contribution in [3.63, 3.8) is 0 Å². The second-order valence-electron chi connectivity index (χ2n) is 7.19. The lowest BCUT2D eigenvalue weighted by Crippen LogP contribution is -2.33. The standard InChI is InChI=1S/C19H23N5O5/c1-10(6-11-2-4-12(26)5-3-11)23-17-14-18(21-8-20-17)24(9-22-14)19-16(28)15(27)13(7-25)29-19/h2-5,8-10,13,15-16,19,25-28H,6-7H2,1H3,(H,20,21,23)/t10?,13-,15-,16-,19-/m1/s1. The van der Waals surface area contributed by atoms with Gasteiger partial charge in [0.25, 0.3) is 0 Å². The molecule has 0 amide bonds. The van der Waals surface area contributed by atoms with Crippen LogP contribution < -0.4 is 5.32 Å². The number of ether oxygens (including phenoxy) is 1. The fraction of sp³-hybridized carbons (Fsp3) is 0.421. The average molecular weight is 401 g/mol. The largest absolute Gasteiger partial charge is 0.508 e. The fourth-order valence-electron chi connectivity index (χ4n) is 3.52. The van der Waals surface area contributed by atoms with Gasteiger partial charge in [-0.2, -0.15) is 0 Å². The first kappa shape index (κ1) is 19.5. The van der Waals surface area contributed by atoms with Gasteiger partial charge in [0.15, 0.2) is 23.2 Å². The van der Waals surface area contributed by atoms with Crippen LogP contribution in [0.1, 0.15) is 18.7 Å². The summed E-state index contributed by atoms with van der Waals surface area (Å²) in [7, 11) is 0. The third-order valence-electron chi connectivity index (χ3n) is 5.01. The number of aromatic nitrogens is 4. The summed E-state index contributed by atoms with van der Waals surface area (Å²) in [5, 5.41) is 42.3. The number of phenols is 1. The molecule has 1 saturated heterocycles. The first-order chi connectivity index (χ1) is 14.0. The van der Waals surface area contributed by atoms with Crippen molar-refractivity contribution in [2.75, 3.05) is 11.9 Å². The molecule has 0 spiro atoms. The molecule has 1 fully saturated rings. The number of aliphatic hydroxyl groups is 3. The smallest absolute Gasteiger partial charge is 0.167 e. The SMILES string of the molecule is CC(Cc1ccc(O)cc1)Nc1ncnc2c1ncn2[C@@H]1O[C@H](CO)[C@@H](O)[C@H]1O. The van der Waals surface area contributed by atoms with Crippen LogP contribution in [0.2, 0.25) is 0 Å². The lowest BCUT2D eigenvalue weighted by Gasteiger charge is -2.17. The molecular weight excluding hydrogens is 378 g/mol. The number of fused-ring (bicyclic) bond motifs is 1. The van der Waals surface area contributed by atoms with Crippen molar-refractivity contribution in [1.82, 2.24) is 19.5 Å². The van der Waals surface area contributed by atoms with Crippen molar-refractivity contribution < 1.29 is 25.2 Å². The van der Waals surface area contributed by atoms with Gasteiger partial charge in [0.2, 0.25) is 0 Å². The van der Waals surface area contributed by atoms with E-state index in [1.807, 2.05) is 19.1 Å². The maximum Gasteiger partial charge on any atom is 0.167 e. The number of hydrogen-bond acceptors (Lipinski definition) is 9. The lowest BCUT2D eigenvalue weighted by molar-refractivity contribution is -0.0511. The zero-order valence-corrected chi connectivity index (χ0v) is 15.8. The topological polar surface area (TPSA) is 146 Å². The van der Waals surface area contributed by atoms with Crippen LogP contribution in [-0.2, 0) is 11.2 Å². The number of benzene rings is 1. The molecule has 2 aromatic heterocycles. The molecule has 1 unspecified atom stereocenters. The molecule has 5 atom stereocenters. The van der Waals surface area contributed by atoms with Crippen molar-refractivity contribution in [3.8, 4) is 5.75 Å². The predicted octanol–water partition coefficient (Wildman–Crippen LogP) is 0.186. The molecule has 154 valence electrons. The molecule has 3 aromatic rings. The van der Waals surface area contributed by atoms with Gasteiger partial charge in [-0.1, -0.05) is 12.1 Å². The molecule has 0 radical (unpaired) electrons. The average Bonchev–Trinajstić information content (AvgIpc) is 3.26. The van der Waals surface area contributed by atoms with Gasteiger partial charge in [0.1, 0.15) is 30.4 Å². The molecule has 10 heteroatoms. The molecular formula is C19H23N5O5. The van der Waals surface area contributed by atoms with Gasteiger partial charge in [0.05, 0.1) is 12.9 Å². The van der Waals surface area contributed by atoms with E-state index in [-0.39, 0.29) is 11.8 Å². The van der Waals surface area contributed by atoms with Gasteiger partial charge in [-0.15, -0.1) is 0 Å².